The van der Waals surface area contributed by atoms with Gasteiger partial charge in [0.05, 0.1) is 12.0 Å². The van der Waals surface area contributed by atoms with Gasteiger partial charge in [-0.05, 0) is 61.4 Å². The first kappa shape index (κ1) is 21.7. The molecule has 0 aliphatic carbocycles. The first-order valence-electron chi connectivity index (χ1n) is 10.5. The number of hydrazone groups is 1. The molecular weight excluding hydrogens is 462 g/mol. The van der Waals surface area contributed by atoms with Crippen molar-refractivity contribution in [2.24, 2.45) is 10.1 Å². The average Bonchev–Trinajstić information content (AvgIpc) is 3.54. The normalized spacial score (nSPS) is 19.3. The Kier molecular flexibility index (Phi) is 5.67. The van der Waals surface area contributed by atoms with Gasteiger partial charge in [0.1, 0.15) is 16.6 Å². The number of rotatable bonds is 4. The Balaban J connectivity index is 1.35. The minimum Gasteiger partial charge on any atom is -0.457 e. The van der Waals surface area contributed by atoms with Crippen LogP contribution in [0, 0.1) is 12.3 Å². The number of likely N-dealkylation sites (tertiary alicyclic amines) is 1. The van der Waals surface area contributed by atoms with E-state index >= 15 is 0 Å². The van der Waals surface area contributed by atoms with Crippen LogP contribution in [-0.4, -0.2) is 50.9 Å². The molecule has 1 N–H and O–H groups in total. The lowest BCUT2D eigenvalue weighted by Crippen LogP contribution is -2.35. The van der Waals surface area contributed by atoms with E-state index in [4.69, 9.17) is 21.4 Å². The summed E-state index contributed by atoms with van der Waals surface area (Å²) in [5.74, 6) is 0.371. The third kappa shape index (κ3) is 4.26. The van der Waals surface area contributed by atoms with Crippen LogP contribution in [-0.2, 0) is 9.59 Å². The van der Waals surface area contributed by atoms with E-state index in [2.05, 4.69) is 10.1 Å². The van der Waals surface area contributed by atoms with Gasteiger partial charge < -0.3 is 9.32 Å². The number of thioether (sulfide) groups is 1. The van der Waals surface area contributed by atoms with Gasteiger partial charge in [0, 0.05) is 23.7 Å². The second kappa shape index (κ2) is 8.64. The maximum absolute atomic E-state index is 12.6. The second-order valence-corrected chi connectivity index (χ2v) is 9.39. The molecule has 8 nitrogen and oxygen atoms in total. The van der Waals surface area contributed by atoms with Crippen LogP contribution in [0.15, 0.2) is 50.4 Å². The van der Waals surface area contributed by atoms with Gasteiger partial charge in [-0.1, -0.05) is 23.7 Å². The molecule has 0 spiro atoms. The van der Waals surface area contributed by atoms with Gasteiger partial charge in [-0.25, -0.2) is 0 Å². The summed E-state index contributed by atoms with van der Waals surface area (Å²) >= 11 is 7.37. The summed E-state index contributed by atoms with van der Waals surface area (Å²) in [6, 6.07) is 9.13. The minimum absolute atomic E-state index is 0.00661. The zero-order valence-electron chi connectivity index (χ0n) is 17.8. The maximum Gasteiger partial charge on any atom is 0.283 e. The van der Waals surface area contributed by atoms with Crippen LogP contribution in [0.2, 0.25) is 5.02 Å². The van der Waals surface area contributed by atoms with E-state index < -0.39 is 5.91 Å². The van der Waals surface area contributed by atoms with Crippen LogP contribution in [0.1, 0.15) is 30.6 Å². The number of benzene rings is 1. The van der Waals surface area contributed by atoms with Crippen molar-refractivity contribution in [3.63, 3.8) is 0 Å². The number of hydrogen-bond acceptors (Lipinski definition) is 6. The van der Waals surface area contributed by atoms with Crippen molar-refractivity contribution in [2.45, 2.75) is 26.2 Å². The highest BCUT2D eigenvalue weighted by Gasteiger charge is 2.36. The van der Waals surface area contributed by atoms with Crippen molar-refractivity contribution in [3.8, 4) is 11.3 Å². The number of halogens is 1. The molecule has 0 bridgehead atoms. The molecule has 10 heteroatoms. The van der Waals surface area contributed by atoms with Crippen LogP contribution in [0.4, 0.5) is 0 Å². The van der Waals surface area contributed by atoms with Gasteiger partial charge in [-0.3, -0.25) is 15.0 Å². The third-order valence-corrected chi connectivity index (χ3v) is 6.94. The molecule has 1 fully saturated rings. The highest BCUT2D eigenvalue weighted by atomic mass is 35.5. The molecule has 2 aromatic rings. The molecular formula is C23H20ClN5O3S. The van der Waals surface area contributed by atoms with Crippen molar-refractivity contribution in [3.05, 3.63) is 52.3 Å². The molecule has 0 unspecified atom stereocenters. The summed E-state index contributed by atoms with van der Waals surface area (Å²) in [7, 11) is 0. The van der Waals surface area contributed by atoms with E-state index in [-0.39, 0.29) is 23.7 Å². The molecule has 0 atom stereocenters. The van der Waals surface area contributed by atoms with Gasteiger partial charge in [-0.2, -0.15) is 15.1 Å². The van der Waals surface area contributed by atoms with Crippen LogP contribution in [0.5, 0.6) is 0 Å². The minimum atomic E-state index is -0.544. The Bertz CT molecular complexity index is 1270. The summed E-state index contributed by atoms with van der Waals surface area (Å²) in [5, 5.41) is 15.6. The molecule has 0 radical (unpaired) electrons. The largest absolute Gasteiger partial charge is 0.457 e. The summed E-state index contributed by atoms with van der Waals surface area (Å²) in [6.07, 6.45) is 3.66. The van der Waals surface area contributed by atoms with E-state index in [1.165, 1.54) is 11.1 Å². The fraction of sp³-hybridized carbons (Fsp3) is 0.261. The van der Waals surface area contributed by atoms with Crippen LogP contribution in [0.25, 0.3) is 17.4 Å². The molecule has 1 saturated heterocycles. The summed E-state index contributed by atoms with van der Waals surface area (Å²) in [6.45, 7) is 3.46. The number of carbonyl (C=O) groups excluding carboxylic acids is 2. The number of aryl methyl sites for hydroxylation is 1. The number of nitrogens with one attached hydrogen (secondary N) is 1. The van der Waals surface area contributed by atoms with Gasteiger partial charge in [0.25, 0.3) is 5.91 Å². The van der Waals surface area contributed by atoms with Crippen molar-refractivity contribution >= 4 is 57.3 Å². The van der Waals surface area contributed by atoms with Crippen molar-refractivity contribution in [2.75, 3.05) is 13.1 Å². The van der Waals surface area contributed by atoms with Gasteiger partial charge in [-0.15, -0.1) is 0 Å². The van der Waals surface area contributed by atoms with Crippen molar-refractivity contribution in [1.82, 2.24) is 9.91 Å². The van der Waals surface area contributed by atoms with Gasteiger partial charge in [0.15, 0.2) is 5.84 Å². The van der Waals surface area contributed by atoms with E-state index in [1.54, 1.807) is 12.1 Å². The standard InChI is InChI=1S/C23H20ClN5O3S/c1-13-4-5-14(10-17(13)24)18-7-6-15(32-18)11-16-21(25)29-23(26-22(16)31)33-19(27-29)12-20(30)28-8-2-3-9-28/h4-7,10-11,25H,2-3,8-9,12H2,1H3. The lowest BCUT2D eigenvalue weighted by Gasteiger charge is -2.19. The number of fused-ring (bicyclic) bond motifs is 1. The highest BCUT2D eigenvalue weighted by Crippen LogP contribution is 2.31. The molecule has 2 amide bonds. The fourth-order valence-electron chi connectivity index (χ4n) is 3.78. The lowest BCUT2D eigenvalue weighted by molar-refractivity contribution is -0.128. The number of furan rings is 1. The van der Waals surface area contributed by atoms with Crippen molar-refractivity contribution < 1.29 is 14.0 Å². The quantitative estimate of drug-likeness (QED) is 0.646. The Morgan fingerprint density at radius 2 is 2.06 bits per heavy atom. The SMILES string of the molecule is Cc1ccc(-c2ccc(C=C3C(=N)N4N=C(CC(=O)N5CCCC5)SC4=NC3=O)o2)cc1Cl. The first-order chi connectivity index (χ1) is 15.9. The predicted octanol–water partition coefficient (Wildman–Crippen LogP) is 4.54. The van der Waals surface area contributed by atoms with E-state index in [0.717, 1.165) is 48.8 Å². The lowest BCUT2D eigenvalue weighted by atomic mass is 10.1. The summed E-state index contributed by atoms with van der Waals surface area (Å²) in [4.78, 5) is 31.0. The molecule has 5 rings (SSSR count). The number of carbonyl (C=O) groups is 2. The Hall–Kier alpha value is -3.17. The Morgan fingerprint density at radius 1 is 1.27 bits per heavy atom. The predicted molar refractivity (Wildman–Crippen MR) is 129 cm³/mol. The number of aliphatic imine (C=N–C) groups is 1. The second-order valence-electron chi connectivity index (χ2n) is 7.94. The van der Waals surface area contributed by atoms with Gasteiger partial charge in [0.2, 0.25) is 11.1 Å². The smallest absolute Gasteiger partial charge is 0.283 e. The molecule has 0 saturated carbocycles. The third-order valence-electron chi connectivity index (χ3n) is 5.63. The van der Waals surface area contributed by atoms with Crippen LogP contribution < -0.4 is 0 Å². The summed E-state index contributed by atoms with van der Waals surface area (Å²) in [5.41, 5.74) is 1.85. The maximum atomic E-state index is 12.6. The van der Waals surface area contributed by atoms with Crippen LogP contribution >= 0.6 is 23.4 Å². The van der Waals surface area contributed by atoms with Gasteiger partial charge >= 0.3 is 0 Å². The molecule has 4 heterocycles. The van der Waals surface area contributed by atoms with E-state index in [1.807, 2.05) is 30.0 Å². The average molecular weight is 482 g/mol. The molecule has 1 aromatic heterocycles. The molecule has 3 aliphatic rings. The molecule has 1 aromatic carbocycles. The topological polar surface area (TPSA) is 102 Å². The zero-order chi connectivity index (χ0) is 23.1. The first-order valence-corrected chi connectivity index (χ1v) is 11.7. The fourth-order valence-corrected chi connectivity index (χ4v) is 4.84. The van der Waals surface area contributed by atoms with E-state index in [0.29, 0.717) is 26.8 Å². The zero-order valence-corrected chi connectivity index (χ0v) is 19.4. The van der Waals surface area contributed by atoms with E-state index in [9.17, 15) is 9.59 Å². The number of amides is 2. The molecule has 33 heavy (non-hydrogen) atoms. The Morgan fingerprint density at radius 3 is 2.82 bits per heavy atom. The Labute approximate surface area is 199 Å². The molecule has 3 aliphatic heterocycles. The molecule has 168 valence electrons. The van der Waals surface area contributed by atoms with Crippen molar-refractivity contribution in [1.29, 1.82) is 5.41 Å². The van der Waals surface area contributed by atoms with Crippen LogP contribution in [0.3, 0.4) is 0 Å². The monoisotopic (exact) mass is 481 g/mol. The highest BCUT2D eigenvalue weighted by molar-refractivity contribution is 8.27. The number of hydrogen-bond donors (Lipinski definition) is 1. The summed E-state index contributed by atoms with van der Waals surface area (Å²) < 4.78 is 5.86. The number of amidine groups is 2. The number of nitrogens with zero attached hydrogens (tertiary/aromatic N) is 4.